The Labute approximate surface area is 109 Å². The Morgan fingerprint density at radius 1 is 1.58 bits per heavy atom. The highest BCUT2D eigenvalue weighted by Crippen LogP contribution is 2.17. The maximum absolute atomic E-state index is 11.8. The van der Waals surface area contributed by atoms with Crippen molar-refractivity contribution in [2.24, 2.45) is 0 Å². The molecular weight excluding hydrogens is 252 g/mol. The fourth-order valence-corrected chi connectivity index (χ4v) is 2.10. The number of carboxylic acid groups (broad SMARTS) is 1. The first-order valence-electron chi connectivity index (χ1n) is 6.01. The SMILES string of the molecule is O=C(O)[C@@H]1C[C@H](O)CN1C(=O)NCCc1ncc[nH]1. The van der Waals surface area contributed by atoms with Crippen LogP contribution in [0, 0.1) is 0 Å². The van der Waals surface area contributed by atoms with Crippen molar-refractivity contribution >= 4 is 12.0 Å². The van der Waals surface area contributed by atoms with E-state index in [1.165, 1.54) is 0 Å². The number of hydrogen-bond donors (Lipinski definition) is 4. The van der Waals surface area contributed by atoms with Crippen molar-refractivity contribution in [3.8, 4) is 0 Å². The lowest BCUT2D eigenvalue weighted by atomic mass is 10.2. The lowest BCUT2D eigenvalue weighted by molar-refractivity contribution is -0.141. The van der Waals surface area contributed by atoms with Crippen molar-refractivity contribution in [1.82, 2.24) is 20.2 Å². The van der Waals surface area contributed by atoms with Crippen LogP contribution in [-0.4, -0.2) is 62.3 Å². The van der Waals surface area contributed by atoms with E-state index in [9.17, 15) is 14.7 Å². The summed E-state index contributed by atoms with van der Waals surface area (Å²) in [7, 11) is 0. The van der Waals surface area contributed by atoms with Gasteiger partial charge in [0.2, 0.25) is 0 Å². The number of H-pyrrole nitrogens is 1. The number of likely N-dealkylation sites (tertiary alicyclic amines) is 1. The summed E-state index contributed by atoms with van der Waals surface area (Å²) in [4.78, 5) is 30.9. The summed E-state index contributed by atoms with van der Waals surface area (Å²) in [5.74, 6) is -0.353. The molecule has 1 fully saturated rings. The Hall–Kier alpha value is -2.09. The number of aromatic amines is 1. The number of rotatable bonds is 4. The molecular formula is C11H16N4O4. The number of hydrogen-bond acceptors (Lipinski definition) is 4. The normalized spacial score (nSPS) is 22.5. The zero-order valence-electron chi connectivity index (χ0n) is 10.2. The minimum Gasteiger partial charge on any atom is -0.480 e. The first kappa shape index (κ1) is 13.3. The molecule has 1 aromatic heterocycles. The molecule has 0 bridgehead atoms. The summed E-state index contributed by atoms with van der Waals surface area (Å²) in [5, 5.41) is 21.0. The number of aliphatic hydroxyl groups is 1. The van der Waals surface area contributed by atoms with Crippen LogP contribution in [0.25, 0.3) is 0 Å². The number of nitrogens with one attached hydrogen (secondary N) is 2. The monoisotopic (exact) mass is 268 g/mol. The second-order valence-electron chi connectivity index (χ2n) is 4.41. The summed E-state index contributed by atoms with van der Waals surface area (Å²) in [6, 6.07) is -1.44. The molecule has 104 valence electrons. The number of imidazole rings is 1. The molecule has 2 heterocycles. The molecule has 1 aliphatic rings. The van der Waals surface area contributed by atoms with E-state index in [4.69, 9.17) is 5.11 Å². The largest absolute Gasteiger partial charge is 0.480 e. The van der Waals surface area contributed by atoms with Gasteiger partial charge in [-0.2, -0.15) is 0 Å². The maximum Gasteiger partial charge on any atom is 0.326 e. The van der Waals surface area contributed by atoms with Gasteiger partial charge in [0.15, 0.2) is 0 Å². The van der Waals surface area contributed by atoms with Gasteiger partial charge in [-0.15, -0.1) is 0 Å². The number of carboxylic acids is 1. The third-order valence-corrected chi connectivity index (χ3v) is 3.02. The minimum atomic E-state index is -1.10. The molecule has 2 amide bonds. The third kappa shape index (κ3) is 3.22. The predicted octanol–water partition coefficient (Wildman–Crippen LogP) is -0.818. The molecule has 0 saturated carbocycles. The number of nitrogens with zero attached hydrogens (tertiary/aromatic N) is 2. The molecule has 2 rings (SSSR count). The van der Waals surface area contributed by atoms with Crippen molar-refractivity contribution in [1.29, 1.82) is 0 Å². The molecule has 0 radical (unpaired) electrons. The number of aromatic nitrogens is 2. The summed E-state index contributed by atoms with van der Waals surface area (Å²) < 4.78 is 0. The smallest absolute Gasteiger partial charge is 0.326 e. The second-order valence-corrected chi connectivity index (χ2v) is 4.41. The maximum atomic E-state index is 11.8. The highest BCUT2D eigenvalue weighted by atomic mass is 16.4. The number of carbonyl (C=O) groups is 2. The summed E-state index contributed by atoms with van der Waals surface area (Å²) in [5.41, 5.74) is 0. The van der Waals surface area contributed by atoms with Crippen molar-refractivity contribution in [3.05, 3.63) is 18.2 Å². The van der Waals surface area contributed by atoms with Gasteiger partial charge >= 0.3 is 12.0 Å². The van der Waals surface area contributed by atoms with Gasteiger partial charge in [-0.05, 0) is 0 Å². The quantitative estimate of drug-likeness (QED) is 0.569. The Balaban J connectivity index is 1.83. The van der Waals surface area contributed by atoms with Crippen LogP contribution < -0.4 is 5.32 Å². The first-order chi connectivity index (χ1) is 9.08. The fraction of sp³-hybridized carbons (Fsp3) is 0.545. The Bertz CT molecular complexity index is 448. The van der Waals surface area contributed by atoms with E-state index < -0.39 is 24.1 Å². The van der Waals surface area contributed by atoms with Gasteiger partial charge in [-0.3, -0.25) is 0 Å². The summed E-state index contributed by atoms with van der Waals surface area (Å²) >= 11 is 0. The number of β-amino-alcohol motifs (C(OH)–C–C–N with tert-alkyl or cyclic N) is 1. The van der Waals surface area contributed by atoms with Gasteiger partial charge in [-0.25, -0.2) is 14.6 Å². The molecule has 0 unspecified atom stereocenters. The number of aliphatic hydroxyl groups excluding tert-OH is 1. The highest BCUT2D eigenvalue weighted by Gasteiger charge is 2.38. The van der Waals surface area contributed by atoms with Crippen LogP contribution >= 0.6 is 0 Å². The van der Waals surface area contributed by atoms with Crippen molar-refractivity contribution in [3.63, 3.8) is 0 Å². The van der Waals surface area contributed by atoms with Gasteiger partial charge in [0, 0.05) is 38.3 Å². The fourth-order valence-electron chi connectivity index (χ4n) is 2.10. The number of carbonyl (C=O) groups excluding carboxylic acids is 1. The van der Waals surface area contributed by atoms with Gasteiger partial charge in [-0.1, -0.05) is 0 Å². The van der Waals surface area contributed by atoms with E-state index in [1.807, 2.05) is 0 Å². The summed E-state index contributed by atoms with van der Waals surface area (Å²) in [6.07, 6.45) is 3.13. The molecule has 1 aromatic rings. The van der Waals surface area contributed by atoms with E-state index in [2.05, 4.69) is 15.3 Å². The zero-order valence-corrected chi connectivity index (χ0v) is 10.2. The van der Waals surface area contributed by atoms with E-state index in [1.54, 1.807) is 12.4 Å². The van der Waals surface area contributed by atoms with E-state index in [0.717, 1.165) is 10.7 Å². The van der Waals surface area contributed by atoms with Crippen molar-refractivity contribution in [2.75, 3.05) is 13.1 Å². The van der Waals surface area contributed by atoms with Crippen molar-refractivity contribution in [2.45, 2.75) is 25.0 Å². The molecule has 2 atom stereocenters. The molecule has 0 aromatic carbocycles. The van der Waals surface area contributed by atoms with Crippen LogP contribution in [0.15, 0.2) is 12.4 Å². The average Bonchev–Trinajstić information content (AvgIpc) is 2.98. The van der Waals surface area contributed by atoms with E-state index in [0.29, 0.717) is 13.0 Å². The molecule has 0 spiro atoms. The van der Waals surface area contributed by atoms with Gasteiger partial charge in [0.25, 0.3) is 0 Å². The topological polar surface area (TPSA) is 119 Å². The van der Waals surface area contributed by atoms with E-state index in [-0.39, 0.29) is 13.0 Å². The Kier molecular flexibility index (Phi) is 4.00. The van der Waals surface area contributed by atoms with Crippen LogP contribution in [-0.2, 0) is 11.2 Å². The Morgan fingerprint density at radius 2 is 2.37 bits per heavy atom. The van der Waals surface area contributed by atoms with Gasteiger partial charge < -0.3 is 25.4 Å². The zero-order chi connectivity index (χ0) is 13.8. The summed E-state index contributed by atoms with van der Waals surface area (Å²) in [6.45, 7) is 0.398. The lowest BCUT2D eigenvalue weighted by Gasteiger charge is -2.21. The van der Waals surface area contributed by atoms with Gasteiger partial charge in [0.1, 0.15) is 11.9 Å². The van der Waals surface area contributed by atoms with Gasteiger partial charge in [0.05, 0.1) is 6.10 Å². The molecule has 8 nitrogen and oxygen atoms in total. The molecule has 4 N–H and O–H groups in total. The molecule has 8 heteroatoms. The van der Waals surface area contributed by atoms with E-state index >= 15 is 0 Å². The third-order valence-electron chi connectivity index (χ3n) is 3.02. The van der Waals surface area contributed by atoms with Crippen LogP contribution in [0.1, 0.15) is 12.2 Å². The predicted molar refractivity (Wildman–Crippen MR) is 64.4 cm³/mol. The number of aliphatic carboxylic acids is 1. The average molecular weight is 268 g/mol. The van der Waals surface area contributed by atoms with Crippen LogP contribution in [0.3, 0.4) is 0 Å². The highest BCUT2D eigenvalue weighted by molar-refractivity contribution is 5.83. The standard InChI is InChI=1S/C11H16N4O4/c16-7-5-8(10(17)18)15(6-7)11(19)14-2-1-9-12-3-4-13-9/h3-4,7-8,16H,1-2,5-6H2,(H,12,13)(H,14,19)(H,17,18)/t7-,8-/m0/s1. The van der Waals surface area contributed by atoms with Crippen LogP contribution in [0.2, 0.25) is 0 Å². The minimum absolute atomic E-state index is 0.0452. The Morgan fingerprint density at radius 3 is 3.00 bits per heavy atom. The van der Waals surface area contributed by atoms with Crippen LogP contribution in [0.5, 0.6) is 0 Å². The molecule has 1 aliphatic heterocycles. The first-order valence-corrected chi connectivity index (χ1v) is 6.01. The van der Waals surface area contributed by atoms with Crippen LogP contribution in [0.4, 0.5) is 4.79 Å². The molecule has 0 aliphatic carbocycles. The molecule has 19 heavy (non-hydrogen) atoms. The number of amides is 2. The van der Waals surface area contributed by atoms with Crippen molar-refractivity contribution < 1.29 is 19.8 Å². The second kappa shape index (κ2) is 5.70. The number of urea groups is 1. The lowest BCUT2D eigenvalue weighted by Crippen LogP contribution is -2.46. The molecule has 1 saturated heterocycles.